The van der Waals surface area contributed by atoms with E-state index in [9.17, 15) is 14.4 Å². The van der Waals surface area contributed by atoms with E-state index in [0.29, 0.717) is 47.7 Å². The molecule has 7 nitrogen and oxygen atoms in total. The molecule has 6 saturated carbocycles. The molecular formula is C47H61NO6. The standard InChI is InChI=1S/C47H61NO6/c1-7-47(23-19-39-34-11-9-31-25-40-29(27-48-54-40)26-45(31,5)38(34)18-22-46(39,47)6)53-42(51)15-14-41(50)52-32-16-20-43(3)30(24-32)8-10-33-36-13-12-35(28(2)49)44(36,4)21-17-37(33)43/h1,8,25,27,32-39H,9-24,26H2,2-6H3/t32-,33-,34+,35+,36-,37-,38-,39-,43-,44+,45-,46-,47+/m0/s1. The van der Waals surface area contributed by atoms with E-state index in [1.165, 1.54) is 29.6 Å². The van der Waals surface area contributed by atoms with Crippen LogP contribution in [0.15, 0.2) is 27.9 Å². The van der Waals surface area contributed by atoms with Gasteiger partial charge in [-0.2, -0.15) is 0 Å². The number of rotatable bonds is 6. The van der Waals surface area contributed by atoms with Gasteiger partial charge >= 0.3 is 11.9 Å². The Kier molecular flexibility index (Phi) is 8.57. The Balaban J connectivity index is 0.802. The number of allylic oxidation sites excluding steroid dienone is 2. The van der Waals surface area contributed by atoms with E-state index in [-0.39, 0.29) is 58.5 Å². The number of hydrogen-bond acceptors (Lipinski definition) is 7. The van der Waals surface area contributed by atoms with Crippen LogP contribution in [0.5, 0.6) is 0 Å². The van der Waals surface area contributed by atoms with Gasteiger partial charge in [0.25, 0.3) is 0 Å². The van der Waals surface area contributed by atoms with E-state index < -0.39 is 5.60 Å². The second kappa shape index (κ2) is 12.7. The van der Waals surface area contributed by atoms with Crippen molar-refractivity contribution >= 4 is 23.8 Å². The summed E-state index contributed by atoms with van der Waals surface area (Å²) in [6.07, 6.45) is 27.8. The van der Waals surface area contributed by atoms with Gasteiger partial charge in [-0.05, 0) is 155 Å². The number of nitrogens with zero attached hydrogens (tertiary/aromatic N) is 1. The minimum Gasteiger partial charge on any atom is -0.462 e. The molecule has 0 bridgehead atoms. The van der Waals surface area contributed by atoms with Crippen molar-refractivity contribution in [3.05, 3.63) is 34.7 Å². The monoisotopic (exact) mass is 735 g/mol. The number of Topliss-reactive ketones (excluding diaryl/α,β-unsaturated/α-hetero) is 1. The summed E-state index contributed by atoms with van der Waals surface area (Å²) in [5.41, 5.74) is 3.28. The number of terminal acetylenes is 1. The first kappa shape index (κ1) is 36.5. The van der Waals surface area contributed by atoms with Crippen LogP contribution in [0, 0.1) is 75.4 Å². The van der Waals surface area contributed by atoms with Gasteiger partial charge in [0.2, 0.25) is 0 Å². The van der Waals surface area contributed by atoms with Crippen LogP contribution in [0.1, 0.15) is 149 Å². The lowest BCUT2D eigenvalue weighted by Gasteiger charge is -2.58. The quantitative estimate of drug-likeness (QED) is 0.163. The van der Waals surface area contributed by atoms with Gasteiger partial charge in [-0.15, -0.1) is 6.42 Å². The number of esters is 2. The number of aromatic nitrogens is 1. The third-order valence-electron chi connectivity index (χ3n) is 18.3. The van der Waals surface area contributed by atoms with E-state index in [1.807, 2.05) is 6.20 Å². The molecule has 1 aromatic rings. The highest BCUT2D eigenvalue weighted by atomic mass is 16.6. The fraction of sp³-hybridized carbons (Fsp3) is 0.745. The number of carbonyl (C=O) groups is 3. The molecule has 1 heterocycles. The first-order chi connectivity index (χ1) is 25.7. The summed E-state index contributed by atoms with van der Waals surface area (Å²) >= 11 is 0. The van der Waals surface area contributed by atoms with Crippen LogP contribution in [0.25, 0.3) is 6.08 Å². The molecule has 1 aromatic heterocycles. The fourth-order valence-corrected chi connectivity index (χ4v) is 15.4. The molecule has 0 unspecified atom stereocenters. The van der Waals surface area contributed by atoms with Crippen molar-refractivity contribution in [2.45, 2.75) is 155 Å². The maximum absolute atomic E-state index is 13.5. The van der Waals surface area contributed by atoms with Gasteiger partial charge in [0.15, 0.2) is 11.4 Å². The Morgan fingerprint density at radius 2 is 1.61 bits per heavy atom. The van der Waals surface area contributed by atoms with Crippen LogP contribution in [-0.4, -0.2) is 34.6 Å². The lowest BCUT2D eigenvalue weighted by molar-refractivity contribution is -0.173. The van der Waals surface area contributed by atoms with Crippen LogP contribution < -0.4 is 0 Å². The first-order valence-corrected chi connectivity index (χ1v) is 21.5. The van der Waals surface area contributed by atoms with Crippen LogP contribution in [0.3, 0.4) is 0 Å². The molecule has 0 amide bonds. The van der Waals surface area contributed by atoms with Crippen molar-refractivity contribution in [2.75, 3.05) is 0 Å². The Hall–Kier alpha value is -3.14. The first-order valence-electron chi connectivity index (χ1n) is 21.5. The predicted molar refractivity (Wildman–Crippen MR) is 205 cm³/mol. The summed E-state index contributed by atoms with van der Waals surface area (Å²) in [6, 6.07) is 0. The molecule has 290 valence electrons. The highest BCUT2D eigenvalue weighted by Crippen LogP contribution is 2.69. The summed E-state index contributed by atoms with van der Waals surface area (Å²) in [7, 11) is 0. The summed E-state index contributed by atoms with van der Waals surface area (Å²) in [5.74, 6) is 7.21. The number of hydrogen-bond donors (Lipinski definition) is 0. The molecule has 8 aliphatic rings. The largest absolute Gasteiger partial charge is 0.462 e. The highest BCUT2D eigenvalue weighted by molar-refractivity contribution is 5.80. The van der Waals surface area contributed by atoms with Crippen molar-refractivity contribution in [2.24, 2.45) is 63.1 Å². The van der Waals surface area contributed by atoms with E-state index in [0.717, 1.165) is 82.8 Å². The van der Waals surface area contributed by atoms with Crippen LogP contribution in [-0.2, 0) is 30.3 Å². The SMILES string of the molecule is C#C[C@@]1(OC(=O)CCC(=O)O[C@H]2CC[C@@]3(C)C(=CC[C@H]4[C@@H]5CC[C@H](C(C)=O)[C@@]5(C)CC[C@@H]43)C2)CC[C@H]2[C@@H]3CCC4=Cc5oncc5C[C@]4(C)[C@H]3CC[C@@]21C. The van der Waals surface area contributed by atoms with Gasteiger partial charge < -0.3 is 14.0 Å². The molecule has 54 heavy (non-hydrogen) atoms. The topological polar surface area (TPSA) is 95.7 Å². The molecule has 0 aliphatic heterocycles. The summed E-state index contributed by atoms with van der Waals surface area (Å²) in [4.78, 5) is 39.3. The number of ether oxygens (including phenoxy) is 2. The smallest absolute Gasteiger partial charge is 0.307 e. The Morgan fingerprint density at radius 1 is 0.852 bits per heavy atom. The minimum atomic E-state index is -0.948. The molecular weight excluding hydrogens is 675 g/mol. The predicted octanol–water partition coefficient (Wildman–Crippen LogP) is 9.63. The van der Waals surface area contributed by atoms with Crippen molar-refractivity contribution in [3.8, 4) is 12.3 Å². The molecule has 6 fully saturated rings. The average Bonchev–Trinajstić information content (AvgIpc) is 3.82. The molecule has 8 aliphatic carbocycles. The second-order valence-corrected chi connectivity index (χ2v) is 20.2. The zero-order valence-electron chi connectivity index (χ0n) is 33.3. The van der Waals surface area contributed by atoms with Crippen LogP contribution >= 0.6 is 0 Å². The van der Waals surface area contributed by atoms with Crippen LogP contribution in [0.2, 0.25) is 0 Å². The van der Waals surface area contributed by atoms with Crippen molar-refractivity contribution in [3.63, 3.8) is 0 Å². The molecule has 0 spiro atoms. The Labute approximate surface area is 322 Å². The lowest BCUT2D eigenvalue weighted by Crippen LogP contribution is -2.55. The summed E-state index contributed by atoms with van der Waals surface area (Å²) in [6.45, 7) is 11.4. The van der Waals surface area contributed by atoms with Crippen molar-refractivity contribution in [1.82, 2.24) is 5.16 Å². The Morgan fingerprint density at radius 3 is 2.41 bits per heavy atom. The zero-order chi connectivity index (χ0) is 37.8. The summed E-state index contributed by atoms with van der Waals surface area (Å²) in [5, 5.41) is 4.09. The van der Waals surface area contributed by atoms with E-state index in [2.05, 4.69) is 50.9 Å². The van der Waals surface area contributed by atoms with Crippen molar-refractivity contribution in [1.29, 1.82) is 0 Å². The summed E-state index contributed by atoms with van der Waals surface area (Å²) < 4.78 is 18.0. The molecule has 0 aromatic carbocycles. The highest BCUT2D eigenvalue weighted by Gasteiger charge is 2.66. The zero-order valence-corrected chi connectivity index (χ0v) is 33.3. The molecule has 0 N–H and O–H groups in total. The van der Waals surface area contributed by atoms with E-state index >= 15 is 0 Å². The number of carbonyl (C=O) groups excluding carboxylic acids is 3. The molecule has 0 radical (unpaired) electrons. The normalized spacial score (nSPS) is 45.7. The third kappa shape index (κ3) is 5.19. The molecule has 0 saturated heterocycles. The van der Waals surface area contributed by atoms with Gasteiger partial charge in [0.05, 0.1) is 19.0 Å². The van der Waals surface area contributed by atoms with Gasteiger partial charge in [-0.3, -0.25) is 14.4 Å². The average molecular weight is 736 g/mol. The molecule has 13 atom stereocenters. The third-order valence-corrected chi connectivity index (χ3v) is 18.3. The fourth-order valence-electron chi connectivity index (χ4n) is 15.4. The lowest BCUT2D eigenvalue weighted by atomic mass is 9.46. The maximum atomic E-state index is 13.5. The van der Waals surface area contributed by atoms with Gasteiger partial charge in [0, 0.05) is 23.3 Å². The maximum Gasteiger partial charge on any atom is 0.307 e. The van der Waals surface area contributed by atoms with Gasteiger partial charge in [0.1, 0.15) is 11.9 Å². The van der Waals surface area contributed by atoms with E-state index in [1.54, 1.807) is 6.92 Å². The number of fused-ring (bicyclic) bond motifs is 11. The van der Waals surface area contributed by atoms with Gasteiger partial charge in [-0.25, -0.2) is 0 Å². The van der Waals surface area contributed by atoms with Crippen LogP contribution in [0.4, 0.5) is 0 Å². The second-order valence-electron chi connectivity index (χ2n) is 20.2. The molecule has 9 rings (SSSR count). The van der Waals surface area contributed by atoms with Crippen molar-refractivity contribution < 1.29 is 28.4 Å². The van der Waals surface area contributed by atoms with Gasteiger partial charge in [-0.1, -0.05) is 56.0 Å². The number of ketones is 1. The molecule has 7 heteroatoms. The van der Waals surface area contributed by atoms with E-state index in [4.69, 9.17) is 20.4 Å². The minimum absolute atomic E-state index is 0.0116. The Bertz CT molecular complexity index is 1850.